The molecular weight excluding hydrogens is 242 g/mol. The van der Waals surface area contributed by atoms with E-state index in [0.29, 0.717) is 6.04 Å². The first-order chi connectivity index (χ1) is 9.78. The largest absolute Gasteiger partial charge is 0.317 e. The second kappa shape index (κ2) is 5.97. The molecular formula is C19H25N. The number of fused-ring (bicyclic) bond motifs is 1. The lowest BCUT2D eigenvalue weighted by atomic mass is 9.75. The predicted octanol–water partition coefficient (Wildman–Crippen LogP) is 4.41. The summed E-state index contributed by atoms with van der Waals surface area (Å²) in [6.07, 6.45) is 5.26. The smallest absolute Gasteiger partial charge is 0.00957 e. The third-order valence-electron chi connectivity index (χ3n) is 4.98. The van der Waals surface area contributed by atoms with E-state index < -0.39 is 0 Å². The molecule has 0 amide bonds. The molecule has 106 valence electrons. The number of rotatable bonds is 3. The molecule has 0 aromatic heterocycles. The van der Waals surface area contributed by atoms with Gasteiger partial charge in [0.1, 0.15) is 0 Å². The molecule has 3 rings (SSSR count). The highest BCUT2D eigenvalue weighted by atomic mass is 14.9. The van der Waals surface area contributed by atoms with Gasteiger partial charge in [-0.05, 0) is 60.9 Å². The first-order valence-corrected chi connectivity index (χ1v) is 7.92. The number of benzene rings is 2. The summed E-state index contributed by atoms with van der Waals surface area (Å²) in [6, 6.07) is 16.2. The van der Waals surface area contributed by atoms with Gasteiger partial charge in [0, 0.05) is 6.04 Å². The fourth-order valence-corrected chi connectivity index (χ4v) is 3.86. The molecule has 1 heteroatoms. The van der Waals surface area contributed by atoms with E-state index in [9.17, 15) is 0 Å². The van der Waals surface area contributed by atoms with Crippen molar-refractivity contribution in [2.24, 2.45) is 11.8 Å². The van der Waals surface area contributed by atoms with Crippen molar-refractivity contribution in [1.29, 1.82) is 0 Å². The van der Waals surface area contributed by atoms with Crippen molar-refractivity contribution in [2.45, 2.75) is 38.6 Å². The summed E-state index contributed by atoms with van der Waals surface area (Å²) in [6.45, 7) is 2.40. The summed E-state index contributed by atoms with van der Waals surface area (Å²) >= 11 is 0. The van der Waals surface area contributed by atoms with Crippen molar-refractivity contribution in [2.75, 3.05) is 7.05 Å². The summed E-state index contributed by atoms with van der Waals surface area (Å²) < 4.78 is 0. The van der Waals surface area contributed by atoms with Crippen LogP contribution in [0.2, 0.25) is 0 Å². The zero-order chi connectivity index (χ0) is 13.9. The molecule has 1 aliphatic carbocycles. The van der Waals surface area contributed by atoms with E-state index in [0.717, 1.165) is 11.8 Å². The van der Waals surface area contributed by atoms with Gasteiger partial charge >= 0.3 is 0 Å². The maximum Gasteiger partial charge on any atom is 0.00957 e. The van der Waals surface area contributed by atoms with Crippen LogP contribution in [0.5, 0.6) is 0 Å². The van der Waals surface area contributed by atoms with E-state index in [2.05, 4.69) is 61.8 Å². The Balaban J connectivity index is 1.88. The standard InChI is InChI=1S/C19H25N/c1-14-10-11-19(20-2)17(12-14)13-16-8-5-7-15-6-3-4-9-18(15)16/h3-9,14,17,19-20H,10-13H2,1-2H3. The molecule has 1 aliphatic rings. The van der Waals surface area contributed by atoms with E-state index >= 15 is 0 Å². The molecule has 3 unspecified atom stereocenters. The van der Waals surface area contributed by atoms with Crippen LogP contribution in [0.25, 0.3) is 10.8 Å². The molecule has 1 saturated carbocycles. The fourth-order valence-electron chi connectivity index (χ4n) is 3.86. The van der Waals surface area contributed by atoms with Gasteiger partial charge in [-0.2, -0.15) is 0 Å². The van der Waals surface area contributed by atoms with Crippen LogP contribution in [0.3, 0.4) is 0 Å². The second-order valence-electron chi connectivity index (χ2n) is 6.42. The third-order valence-corrected chi connectivity index (χ3v) is 4.98. The van der Waals surface area contributed by atoms with E-state index in [1.807, 2.05) is 0 Å². The van der Waals surface area contributed by atoms with Crippen LogP contribution < -0.4 is 5.32 Å². The van der Waals surface area contributed by atoms with Crippen molar-refractivity contribution in [3.8, 4) is 0 Å². The lowest BCUT2D eigenvalue weighted by molar-refractivity contribution is 0.220. The molecule has 0 bridgehead atoms. The summed E-state index contributed by atoms with van der Waals surface area (Å²) in [4.78, 5) is 0. The van der Waals surface area contributed by atoms with Crippen LogP contribution >= 0.6 is 0 Å². The van der Waals surface area contributed by atoms with Crippen molar-refractivity contribution in [1.82, 2.24) is 5.32 Å². The van der Waals surface area contributed by atoms with Gasteiger partial charge in [0.05, 0.1) is 0 Å². The minimum atomic E-state index is 0.685. The van der Waals surface area contributed by atoms with Crippen molar-refractivity contribution >= 4 is 10.8 Å². The quantitative estimate of drug-likeness (QED) is 0.868. The molecule has 2 aromatic rings. The Morgan fingerprint density at radius 2 is 1.85 bits per heavy atom. The van der Waals surface area contributed by atoms with Crippen molar-refractivity contribution in [3.63, 3.8) is 0 Å². The average molecular weight is 267 g/mol. The highest BCUT2D eigenvalue weighted by Gasteiger charge is 2.27. The van der Waals surface area contributed by atoms with Crippen LogP contribution in [0.15, 0.2) is 42.5 Å². The van der Waals surface area contributed by atoms with E-state index in [1.165, 1.54) is 42.0 Å². The van der Waals surface area contributed by atoms with Gasteiger partial charge in [-0.3, -0.25) is 0 Å². The number of hydrogen-bond donors (Lipinski definition) is 1. The Hall–Kier alpha value is -1.34. The maximum absolute atomic E-state index is 3.54. The van der Waals surface area contributed by atoms with Crippen LogP contribution in [0.4, 0.5) is 0 Å². The van der Waals surface area contributed by atoms with E-state index in [4.69, 9.17) is 0 Å². The second-order valence-corrected chi connectivity index (χ2v) is 6.42. The van der Waals surface area contributed by atoms with Crippen molar-refractivity contribution in [3.05, 3.63) is 48.0 Å². The Morgan fingerprint density at radius 1 is 1.05 bits per heavy atom. The van der Waals surface area contributed by atoms with Gasteiger partial charge in [0.25, 0.3) is 0 Å². The van der Waals surface area contributed by atoms with Gasteiger partial charge in [-0.15, -0.1) is 0 Å². The molecule has 0 radical (unpaired) electrons. The van der Waals surface area contributed by atoms with Crippen molar-refractivity contribution < 1.29 is 0 Å². The van der Waals surface area contributed by atoms with Crippen LogP contribution in [0, 0.1) is 11.8 Å². The molecule has 20 heavy (non-hydrogen) atoms. The lowest BCUT2D eigenvalue weighted by Crippen LogP contribution is -2.39. The van der Waals surface area contributed by atoms with Gasteiger partial charge in [0.15, 0.2) is 0 Å². The maximum atomic E-state index is 3.54. The first kappa shape index (κ1) is 13.6. The topological polar surface area (TPSA) is 12.0 Å². The molecule has 1 N–H and O–H groups in total. The highest BCUT2D eigenvalue weighted by molar-refractivity contribution is 5.85. The van der Waals surface area contributed by atoms with Gasteiger partial charge in [-0.25, -0.2) is 0 Å². The number of nitrogens with one attached hydrogen (secondary N) is 1. The Morgan fingerprint density at radius 3 is 2.70 bits per heavy atom. The van der Waals surface area contributed by atoms with Crippen LogP contribution in [-0.2, 0) is 6.42 Å². The first-order valence-electron chi connectivity index (χ1n) is 7.92. The third kappa shape index (κ3) is 2.73. The molecule has 2 aromatic carbocycles. The minimum Gasteiger partial charge on any atom is -0.317 e. The van der Waals surface area contributed by atoms with Gasteiger partial charge in [0.2, 0.25) is 0 Å². The molecule has 0 saturated heterocycles. The summed E-state index contributed by atoms with van der Waals surface area (Å²) in [5.74, 6) is 1.65. The zero-order valence-corrected chi connectivity index (χ0v) is 12.6. The molecule has 3 atom stereocenters. The normalized spacial score (nSPS) is 26.8. The Labute approximate surface area is 122 Å². The van der Waals surface area contributed by atoms with Crippen LogP contribution in [0.1, 0.15) is 31.7 Å². The molecule has 0 spiro atoms. The predicted molar refractivity (Wildman–Crippen MR) is 87.0 cm³/mol. The monoisotopic (exact) mass is 267 g/mol. The minimum absolute atomic E-state index is 0.685. The van der Waals surface area contributed by atoms with Gasteiger partial charge < -0.3 is 5.32 Å². The average Bonchev–Trinajstić information content (AvgIpc) is 2.48. The molecule has 1 fully saturated rings. The molecule has 0 heterocycles. The Bertz CT molecular complexity index is 569. The number of hydrogen-bond acceptors (Lipinski definition) is 1. The summed E-state index contributed by atoms with van der Waals surface area (Å²) in [5.41, 5.74) is 1.52. The molecule has 1 nitrogen and oxygen atoms in total. The Kier molecular flexibility index (Phi) is 4.07. The fraction of sp³-hybridized carbons (Fsp3) is 0.474. The molecule has 0 aliphatic heterocycles. The summed E-state index contributed by atoms with van der Waals surface area (Å²) in [5, 5.41) is 6.35. The highest BCUT2D eigenvalue weighted by Crippen LogP contribution is 2.32. The van der Waals surface area contributed by atoms with E-state index in [1.54, 1.807) is 0 Å². The summed E-state index contributed by atoms with van der Waals surface area (Å²) in [7, 11) is 2.12. The zero-order valence-electron chi connectivity index (χ0n) is 12.6. The van der Waals surface area contributed by atoms with Crippen LogP contribution in [-0.4, -0.2) is 13.1 Å². The van der Waals surface area contributed by atoms with Gasteiger partial charge in [-0.1, -0.05) is 49.4 Å². The SMILES string of the molecule is CNC1CCC(C)CC1Cc1cccc2ccccc12. The lowest BCUT2D eigenvalue weighted by Gasteiger charge is -2.35. The van der Waals surface area contributed by atoms with E-state index in [-0.39, 0.29) is 0 Å².